The standard InChI is InChI=1S/C14H15FN2O2S/c1-8-11(13(18)19-3)12(16-14(20)17(8)2)9-4-6-10(15)7-5-9/h4-7,12H,1-3H3,(H,16,20). The number of hydrogen-bond donors (Lipinski definition) is 1. The van der Waals surface area contributed by atoms with Crippen LogP contribution in [0.3, 0.4) is 0 Å². The molecule has 1 aliphatic heterocycles. The summed E-state index contributed by atoms with van der Waals surface area (Å²) in [5, 5.41) is 3.58. The van der Waals surface area contributed by atoms with Crippen LogP contribution in [0.5, 0.6) is 0 Å². The average Bonchev–Trinajstić information content (AvgIpc) is 2.44. The molecule has 1 aliphatic rings. The van der Waals surface area contributed by atoms with Gasteiger partial charge < -0.3 is 15.0 Å². The summed E-state index contributed by atoms with van der Waals surface area (Å²) in [6.07, 6.45) is 0. The molecule has 0 radical (unpaired) electrons. The van der Waals surface area contributed by atoms with Gasteiger partial charge in [-0.2, -0.15) is 0 Å². The molecule has 1 N–H and O–H groups in total. The number of ether oxygens (including phenoxy) is 1. The topological polar surface area (TPSA) is 41.6 Å². The van der Waals surface area contributed by atoms with Crippen molar-refractivity contribution in [3.05, 3.63) is 46.9 Å². The molecular formula is C14H15FN2O2S. The molecule has 0 amide bonds. The molecular weight excluding hydrogens is 279 g/mol. The van der Waals surface area contributed by atoms with Crippen molar-refractivity contribution in [2.45, 2.75) is 13.0 Å². The van der Waals surface area contributed by atoms with Gasteiger partial charge in [-0.15, -0.1) is 0 Å². The molecule has 0 spiro atoms. The molecule has 1 heterocycles. The normalized spacial score (nSPS) is 18.9. The fourth-order valence-corrected chi connectivity index (χ4v) is 2.37. The van der Waals surface area contributed by atoms with Gasteiger partial charge in [-0.05, 0) is 36.8 Å². The summed E-state index contributed by atoms with van der Waals surface area (Å²) in [7, 11) is 3.10. The Bertz CT molecular complexity index is 583. The predicted octanol–water partition coefficient (Wildman–Crippen LogP) is 2.13. The maximum atomic E-state index is 13.0. The van der Waals surface area contributed by atoms with Gasteiger partial charge in [0.1, 0.15) is 5.82 Å². The van der Waals surface area contributed by atoms with Crippen LogP contribution in [0.15, 0.2) is 35.5 Å². The first-order valence-electron chi connectivity index (χ1n) is 6.04. The first kappa shape index (κ1) is 14.5. The van der Waals surface area contributed by atoms with Crippen LogP contribution in [-0.2, 0) is 9.53 Å². The van der Waals surface area contributed by atoms with Gasteiger partial charge in [-0.1, -0.05) is 12.1 Å². The van der Waals surface area contributed by atoms with E-state index in [1.165, 1.54) is 19.2 Å². The van der Waals surface area contributed by atoms with Crippen molar-refractivity contribution in [3.63, 3.8) is 0 Å². The summed E-state index contributed by atoms with van der Waals surface area (Å²) in [6.45, 7) is 1.80. The van der Waals surface area contributed by atoms with Gasteiger partial charge >= 0.3 is 5.97 Å². The number of rotatable bonds is 2. The number of halogens is 1. The molecule has 0 aliphatic carbocycles. The van der Waals surface area contributed by atoms with E-state index in [9.17, 15) is 9.18 Å². The highest BCUT2D eigenvalue weighted by molar-refractivity contribution is 7.80. The van der Waals surface area contributed by atoms with Crippen LogP contribution in [0.2, 0.25) is 0 Å². The van der Waals surface area contributed by atoms with E-state index in [1.54, 1.807) is 31.0 Å². The Labute approximate surface area is 122 Å². The molecule has 1 unspecified atom stereocenters. The molecule has 2 rings (SSSR count). The van der Waals surface area contributed by atoms with Crippen LogP contribution in [0, 0.1) is 5.82 Å². The first-order chi connectivity index (χ1) is 9.45. The van der Waals surface area contributed by atoms with Gasteiger partial charge in [0.2, 0.25) is 0 Å². The molecule has 106 valence electrons. The van der Waals surface area contributed by atoms with E-state index in [2.05, 4.69) is 5.32 Å². The summed E-state index contributed by atoms with van der Waals surface area (Å²) < 4.78 is 17.9. The fraction of sp³-hybridized carbons (Fsp3) is 0.286. The fourth-order valence-electron chi connectivity index (χ4n) is 2.12. The largest absolute Gasteiger partial charge is 0.466 e. The molecule has 20 heavy (non-hydrogen) atoms. The lowest BCUT2D eigenvalue weighted by Gasteiger charge is -2.35. The minimum atomic E-state index is -0.438. The number of methoxy groups -OCH3 is 1. The van der Waals surface area contributed by atoms with Crippen molar-refractivity contribution in [1.82, 2.24) is 10.2 Å². The number of nitrogens with one attached hydrogen (secondary N) is 1. The maximum absolute atomic E-state index is 13.0. The highest BCUT2D eigenvalue weighted by Gasteiger charge is 2.32. The van der Waals surface area contributed by atoms with Gasteiger partial charge in [0.05, 0.1) is 18.7 Å². The minimum Gasteiger partial charge on any atom is -0.466 e. The lowest BCUT2D eigenvalue weighted by molar-refractivity contribution is -0.136. The zero-order valence-corrected chi connectivity index (χ0v) is 12.3. The summed E-state index contributed by atoms with van der Waals surface area (Å²) in [6, 6.07) is 5.51. The zero-order valence-electron chi connectivity index (χ0n) is 11.4. The molecule has 0 fully saturated rings. The van der Waals surface area contributed by atoms with Gasteiger partial charge in [-0.25, -0.2) is 9.18 Å². The number of nitrogens with zero attached hydrogens (tertiary/aromatic N) is 1. The Morgan fingerprint density at radius 2 is 2.00 bits per heavy atom. The van der Waals surface area contributed by atoms with E-state index in [0.29, 0.717) is 10.7 Å². The summed E-state index contributed by atoms with van der Waals surface area (Å²) in [5.41, 5.74) is 1.94. The quantitative estimate of drug-likeness (QED) is 0.668. The van der Waals surface area contributed by atoms with E-state index >= 15 is 0 Å². The van der Waals surface area contributed by atoms with Crippen LogP contribution in [0.25, 0.3) is 0 Å². The van der Waals surface area contributed by atoms with E-state index in [-0.39, 0.29) is 5.82 Å². The highest BCUT2D eigenvalue weighted by atomic mass is 32.1. The molecule has 0 saturated carbocycles. The molecule has 0 bridgehead atoms. The second-order valence-electron chi connectivity index (χ2n) is 4.48. The molecule has 6 heteroatoms. The monoisotopic (exact) mass is 294 g/mol. The zero-order chi connectivity index (χ0) is 14.9. The summed E-state index contributed by atoms with van der Waals surface area (Å²) in [4.78, 5) is 13.7. The van der Waals surface area contributed by atoms with Crippen molar-refractivity contribution in [1.29, 1.82) is 0 Å². The molecule has 4 nitrogen and oxygen atoms in total. The van der Waals surface area contributed by atoms with Gasteiger partial charge in [-0.3, -0.25) is 0 Å². The van der Waals surface area contributed by atoms with Crippen molar-refractivity contribution in [2.75, 3.05) is 14.2 Å². The smallest absolute Gasteiger partial charge is 0.337 e. The number of thiocarbonyl (C=S) groups is 1. The minimum absolute atomic E-state index is 0.329. The van der Waals surface area contributed by atoms with Crippen molar-refractivity contribution in [3.8, 4) is 0 Å². The third-order valence-corrected chi connectivity index (χ3v) is 3.75. The predicted molar refractivity (Wildman–Crippen MR) is 77.4 cm³/mol. The van der Waals surface area contributed by atoms with E-state index in [0.717, 1.165) is 11.3 Å². The van der Waals surface area contributed by atoms with E-state index in [4.69, 9.17) is 17.0 Å². The summed E-state index contributed by atoms with van der Waals surface area (Å²) in [5.74, 6) is -0.761. The number of hydrogen-bond acceptors (Lipinski definition) is 3. The molecule has 1 aromatic carbocycles. The number of carbonyl (C=O) groups excluding carboxylic acids is 1. The molecule has 1 aromatic rings. The SMILES string of the molecule is COC(=O)C1=C(C)N(C)C(=S)NC1c1ccc(F)cc1. The third kappa shape index (κ3) is 2.51. The number of benzene rings is 1. The second-order valence-corrected chi connectivity index (χ2v) is 4.87. The maximum Gasteiger partial charge on any atom is 0.337 e. The van der Waals surface area contributed by atoms with E-state index < -0.39 is 12.0 Å². The van der Waals surface area contributed by atoms with Crippen LogP contribution >= 0.6 is 12.2 Å². The van der Waals surface area contributed by atoms with Crippen LogP contribution in [-0.4, -0.2) is 30.1 Å². The van der Waals surface area contributed by atoms with Gasteiger partial charge in [0, 0.05) is 12.7 Å². The Kier molecular flexibility index (Phi) is 4.04. The molecule has 0 aromatic heterocycles. The van der Waals surface area contributed by atoms with Gasteiger partial charge in [0.15, 0.2) is 5.11 Å². The summed E-state index contributed by atoms with van der Waals surface area (Å²) >= 11 is 5.24. The Morgan fingerprint density at radius 3 is 2.55 bits per heavy atom. The van der Waals surface area contributed by atoms with Crippen LogP contribution in [0.4, 0.5) is 4.39 Å². The number of esters is 1. The lowest BCUT2D eigenvalue weighted by atomic mass is 9.95. The first-order valence-corrected chi connectivity index (χ1v) is 6.45. The Hall–Kier alpha value is -1.95. The Morgan fingerprint density at radius 1 is 1.40 bits per heavy atom. The van der Waals surface area contributed by atoms with Crippen LogP contribution < -0.4 is 5.32 Å². The highest BCUT2D eigenvalue weighted by Crippen LogP contribution is 2.30. The Balaban J connectivity index is 2.51. The van der Waals surface area contributed by atoms with E-state index in [1.807, 2.05) is 0 Å². The lowest BCUT2D eigenvalue weighted by Crippen LogP contribution is -2.46. The third-order valence-electron chi connectivity index (χ3n) is 3.36. The number of carbonyl (C=O) groups is 1. The molecule has 0 saturated heterocycles. The average molecular weight is 294 g/mol. The van der Waals surface area contributed by atoms with Crippen molar-refractivity contribution < 1.29 is 13.9 Å². The second kappa shape index (κ2) is 5.58. The number of allylic oxidation sites excluding steroid dienone is 1. The van der Waals surface area contributed by atoms with Crippen molar-refractivity contribution in [2.24, 2.45) is 0 Å². The van der Waals surface area contributed by atoms with Crippen LogP contribution in [0.1, 0.15) is 18.5 Å². The van der Waals surface area contributed by atoms with Crippen molar-refractivity contribution >= 4 is 23.3 Å². The molecule has 1 atom stereocenters. The van der Waals surface area contributed by atoms with Gasteiger partial charge in [0.25, 0.3) is 0 Å².